The molecule has 0 unspecified atom stereocenters. The lowest BCUT2D eigenvalue weighted by molar-refractivity contribution is -0.121. The number of nitrogens with one attached hydrogen (secondary N) is 2. The van der Waals surface area contributed by atoms with Gasteiger partial charge in [0.15, 0.2) is 0 Å². The molecule has 1 aromatic carbocycles. The third-order valence-electron chi connectivity index (χ3n) is 4.41. The maximum atomic E-state index is 12.1. The normalized spacial score (nSPS) is 12.2. The molecule has 0 aliphatic carbocycles. The number of aromatic nitrogens is 1. The van der Waals surface area contributed by atoms with Gasteiger partial charge in [-0.1, -0.05) is 32.0 Å². The van der Waals surface area contributed by atoms with E-state index in [1.165, 1.54) is 10.6 Å². The number of aromatic amines is 1. The topological polar surface area (TPSA) is 82.3 Å². The van der Waals surface area contributed by atoms with Gasteiger partial charge in [0, 0.05) is 43.2 Å². The number of carbonyl (C=O) groups is 1. The lowest BCUT2D eigenvalue weighted by Crippen LogP contribution is -2.36. The van der Waals surface area contributed by atoms with Crippen LogP contribution in [0.3, 0.4) is 0 Å². The lowest BCUT2D eigenvalue weighted by atomic mass is 10.1. The Bertz CT molecular complexity index is 827. The molecule has 2 rings (SSSR count). The van der Waals surface area contributed by atoms with E-state index in [0.29, 0.717) is 25.4 Å². The van der Waals surface area contributed by atoms with E-state index >= 15 is 0 Å². The highest BCUT2D eigenvalue weighted by Gasteiger charge is 2.18. The first-order chi connectivity index (χ1) is 12.3. The molecule has 144 valence electrons. The standard InChI is InChI=1S/C19H29N3O3S/c1-15(2)8-11-20-19(23)10-13-22(26(3,24)25)12-9-16-14-21-18-7-5-4-6-17(16)18/h4-7,14-15,21H,8-13H2,1-3H3,(H,20,23). The Balaban J connectivity index is 1.90. The smallest absolute Gasteiger partial charge is 0.221 e. The molecular weight excluding hydrogens is 350 g/mol. The predicted octanol–water partition coefficient (Wildman–Crippen LogP) is 2.52. The third-order valence-corrected chi connectivity index (χ3v) is 5.71. The minimum Gasteiger partial charge on any atom is -0.361 e. The Kier molecular flexibility index (Phi) is 7.23. The molecule has 1 heterocycles. The maximum absolute atomic E-state index is 12.1. The van der Waals surface area contributed by atoms with E-state index in [4.69, 9.17) is 0 Å². The molecule has 0 fully saturated rings. The van der Waals surface area contributed by atoms with Crippen LogP contribution in [0.5, 0.6) is 0 Å². The molecule has 26 heavy (non-hydrogen) atoms. The largest absolute Gasteiger partial charge is 0.361 e. The lowest BCUT2D eigenvalue weighted by Gasteiger charge is -2.19. The van der Waals surface area contributed by atoms with Crippen LogP contribution in [-0.2, 0) is 21.2 Å². The molecule has 2 N–H and O–H groups in total. The first-order valence-corrected chi connectivity index (χ1v) is 10.9. The molecule has 7 heteroatoms. The number of hydrogen-bond acceptors (Lipinski definition) is 3. The molecule has 0 bridgehead atoms. The number of sulfonamides is 1. The number of benzene rings is 1. The van der Waals surface area contributed by atoms with Crippen molar-refractivity contribution in [1.29, 1.82) is 0 Å². The van der Waals surface area contributed by atoms with Gasteiger partial charge in [0.1, 0.15) is 0 Å². The zero-order chi connectivity index (χ0) is 19.2. The van der Waals surface area contributed by atoms with Crippen molar-refractivity contribution in [2.45, 2.75) is 33.1 Å². The molecule has 0 radical (unpaired) electrons. The summed E-state index contributed by atoms with van der Waals surface area (Å²) < 4.78 is 25.5. The van der Waals surface area contributed by atoms with E-state index in [9.17, 15) is 13.2 Å². The average molecular weight is 380 g/mol. The van der Waals surface area contributed by atoms with Gasteiger partial charge in [0.05, 0.1) is 6.26 Å². The number of para-hydroxylation sites is 1. The number of H-pyrrole nitrogens is 1. The van der Waals surface area contributed by atoms with Crippen molar-refractivity contribution < 1.29 is 13.2 Å². The quantitative estimate of drug-likeness (QED) is 0.665. The van der Waals surface area contributed by atoms with Crippen LogP contribution in [0.2, 0.25) is 0 Å². The molecule has 0 spiro atoms. The van der Waals surface area contributed by atoms with Crippen LogP contribution in [0, 0.1) is 5.92 Å². The van der Waals surface area contributed by atoms with E-state index in [1.807, 2.05) is 30.5 Å². The van der Waals surface area contributed by atoms with Crippen molar-refractivity contribution in [2.75, 3.05) is 25.9 Å². The molecule has 1 aromatic heterocycles. The first-order valence-electron chi connectivity index (χ1n) is 9.04. The van der Waals surface area contributed by atoms with E-state index in [0.717, 1.165) is 22.9 Å². The summed E-state index contributed by atoms with van der Waals surface area (Å²) in [6.07, 6.45) is 4.82. The third kappa shape index (κ3) is 6.14. The second-order valence-electron chi connectivity index (χ2n) is 7.05. The second kappa shape index (κ2) is 9.19. The molecular formula is C19H29N3O3S. The molecule has 1 amide bonds. The van der Waals surface area contributed by atoms with Gasteiger partial charge in [0.25, 0.3) is 0 Å². The number of amides is 1. The monoisotopic (exact) mass is 379 g/mol. The van der Waals surface area contributed by atoms with Crippen LogP contribution in [0.4, 0.5) is 0 Å². The van der Waals surface area contributed by atoms with E-state index in [2.05, 4.69) is 24.1 Å². The molecule has 6 nitrogen and oxygen atoms in total. The summed E-state index contributed by atoms with van der Waals surface area (Å²) in [7, 11) is -3.36. The van der Waals surface area contributed by atoms with Crippen molar-refractivity contribution >= 4 is 26.8 Å². The van der Waals surface area contributed by atoms with Crippen LogP contribution in [0.15, 0.2) is 30.5 Å². The van der Waals surface area contributed by atoms with Gasteiger partial charge in [-0.2, -0.15) is 0 Å². The van der Waals surface area contributed by atoms with Crippen LogP contribution in [0.25, 0.3) is 10.9 Å². The molecule has 0 saturated heterocycles. The van der Waals surface area contributed by atoms with Crippen LogP contribution in [0.1, 0.15) is 32.3 Å². The molecule has 0 atom stereocenters. The highest BCUT2D eigenvalue weighted by atomic mass is 32.2. The van der Waals surface area contributed by atoms with Crippen molar-refractivity contribution in [3.63, 3.8) is 0 Å². The zero-order valence-corrected chi connectivity index (χ0v) is 16.6. The minimum absolute atomic E-state index is 0.105. The Morgan fingerprint density at radius 1 is 1.23 bits per heavy atom. The summed E-state index contributed by atoms with van der Waals surface area (Å²) >= 11 is 0. The van der Waals surface area contributed by atoms with Gasteiger partial charge in [-0.25, -0.2) is 12.7 Å². The van der Waals surface area contributed by atoms with Gasteiger partial charge in [-0.05, 0) is 30.4 Å². The molecule has 0 saturated carbocycles. The number of nitrogens with zero attached hydrogens (tertiary/aromatic N) is 1. The molecule has 0 aliphatic rings. The van der Waals surface area contributed by atoms with Gasteiger partial charge in [0.2, 0.25) is 15.9 Å². The van der Waals surface area contributed by atoms with Crippen molar-refractivity contribution in [1.82, 2.24) is 14.6 Å². The highest BCUT2D eigenvalue weighted by molar-refractivity contribution is 7.88. The molecule has 2 aromatic rings. The fourth-order valence-electron chi connectivity index (χ4n) is 2.84. The van der Waals surface area contributed by atoms with Gasteiger partial charge >= 0.3 is 0 Å². The van der Waals surface area contributed by atoms with Crippen LogP contribution in [-0.4, -0.2) is 49.5 Å². The number of carbonyl (C=O) groups excluding carboxylic acids is 1. The summed E-state index contributed by atoms with van der Waals surface area (Å²) in [6, 6.07) is 7.95. The summed E-state index contributed by atoms with van der Waals surface area (Å²) in [6.45, 7) is 5.39. The van der Waals surface area contributed by atoms with E-state index in [-0.39, 0.29) is 18.9 Å². The summed E-state index contributed by atoms with van der Waals surface area (Å²) in [5, 5.41) is 3.95. The van der Waals surface area contributed by atoms with E-state index < -0.39 is 10.0 Å². The fraction of sp³-hybridized carbons (Fsp3) is 0.526. The Morgan fingerprint density at radius 2 is 1.96 bits per heavy atom. The van der Waals surface area contributed by atoms with Gasteiger partial charge in [-0.15, -0.1) is 0 Å². The number of hydrogen-bond donors (Lipinski definition) is 2. The van der Waals surface area contributed by atoms with Crippen molar-refractivity contribution in [2.24, 2.45) is 5.92 Å². The van der Waals surface area contributed by atoms with Crippen LogP contribution < -0.4 is 5.32 Å². The number of rotatable bonds is 10. The highest BCUT2D eigenvalue weighted by Crippen LogP contribution is 2.18. The summed E-state index contributed by atoms with van der Waals surface area (Å²) in [5.41, 5.74) is 2.12. The zero-order valence-electron chi connectivity index (χ0n) is 15.8. The minimum atomic E-state index is -3.36. The second-order valence-corrected chi connectivity index (χ2v) is 9.04. The Hall–Kier alpha value is -1.86. The van der Waals surface area contributed by atoms with E-state index in [1.54, 1.807) is 0 Å². The maximum Gasteiger partial charge on any atom is 0.221 e. The Morgan fingerprint density at radius 3 is 2.65 bits per heavy atom. The van der Waals surface area contributed by atoms with Crippen molar-refractivity contribution in [3.8, 4) is 0 Å². The predicted molar refractivity (Wildman–Crippen MR) is 106 cm³/mol. The Labute approximate surface area is 156 Å². The molecule has 0 aliphatic heterocycles. The fourth-order valence-corrected chi connectivity index (χ4v) is 3.69. The SMILES string of the molecule is CC(C)CCNC(=O)CCN(CCc1c[nH]c2ccccc12)S(C)(=O)=O. The first kappa shape index (κ1) is 20.5. The summed E-state index contributed by atoms with van der Waals surface area (Å²) in [4.78, 5) is 15.1. The van der Waals surface area contributed by atoms with Gasteiger partial charge in [-0.3, -0.25) is 4.79 Å². The average Bonchev–Trinajstić information content (AvgIpc) is 2.96. The van der Waals surface area contributed by atoms with Gasteiger partial charge < -0.3 is 10.3 Å². The number of fused-ring (bicyclic) bond motifs is 1. The summed E-state index contributed by atoms with van der Waals surface area (Å²) in [5.74, 6) is 0.422. The van der Waals surface area contributed by atoms with Crippen molar-refractivity contribution in [3.05, 3.63) is 36.0 Å². The van der Waals surface area contributed by atoms with Crippen LogP contribution >= 0.6 is 0 Å².